The van der Waals surface area contributed by atoms with Gasteiger partial charge in [-0.05, 0) is 12.1 Å². The van der Waals surface area contributed by atoms with E-state index >= 15 is 0 Å². The average Bonchev–Trinajstić information content (AvgIpc) is 2.91. The fraction of sp³-hybridized carbons (Fsp3) is 0.250. The molecule has 7 nitrogen and oxygen atoms in total. The third kappa shape index (κ3) is 4.24. The number of carbonyl (C=O) groups is 1. The second kappa shape index (κ2) is 7.14. The fourth-order valence-electron chi connectivity index (χ4n) is 1.65. The van der Waals surface area contributed by atoms with Gasteiger partial charge in [-0.15, -0.1) is 0 Å². The molecule has 2 rings (SSSR count). The van der Waals surface area contributed by atoms with Crippen molar-refractivity contribution in [2.24, 2.45) is 0 Å². The summed E-state index contributed by atoms with van der Waals surface area (Å²) in [4.78, 5) is 15.7. The standard InChI is InChI=1S/C12H13Cl2N5O2/c1-21-11-8(13)4-7(5-9(11)14)18-12(20)15-3-2-10-16-6-17-19-10/h4-6H,2-3H2,1H3,(H2,15,18,20)(H,16,17,19). The molecule has 2 aromatic rings. The van der Waals surface area contributed by atoms with Gasteiger partial charge in [0.05, 0.1) is 17.2 Å². The summed E-state index contributed by atoms with van der Waals surface area (Å²) >= 11 is 12.0. The maximum atomic E-state index is 11.7. The molecule has 1 aromatic carbocycles. The Morgan fingerprint density at radius 2 is 2.10 bits per heavy atom. The molecule has 0 aliphatic rings. The van der Waals surface area contributed by atoms with Crippen molar-refractivity contribution in [2.45, 2.75) is 6.42 Å². The lowest BCUT2D eigenvalue weighted by Gasteiger charge is -2.10. The van der Waals surface area contributed by atoms with Crippen LogP contribution in [0.4, 0.5) is 10.5 Å². The Morgan fingerprint density at radius 1 is 1.38 bits per heavy atom. The van der Waals surface area contributed by atoms with Crippen LogP contribution in [-0.4, -0.2) is 34.9 Å². The SMILES string of the molecule is COc1c(Cl)cc(NC(=O)NCCc2ncn[nH]2)cc1Cl. The number of aromatic nitrogens is 3. The van der Waals surface area contributed by atoms with Crippen LogP contribution in [0.15, 0.2) is 18.5 Å². The van der Waals surface area contributed by atoms with Crippen molar-refractivity contribution in [1.29, 1.82) is 0 Å². The number of aromatic amines is 1. The van der Waals surface area contributed by atoms with Gasteiger partial charge < -0.3 is 15.4 Å². The van der Waals surface area contributed by atoms with Gasteiger partial charge in [0.25, 0.3) is 0 Å². The number of rotatable bonds is 5. The van der Waals surface area contributed by atoms with E-state index in [0.717, 1.165) is 0 Å². The van der Waals surface area contributed by atoms with Gasteiger partial charge in [-0.3, -0.25) is 5.10 Å². The third-order valence-corrected chi connectivity index (χ3v) is 3.13. The molecule has 9 heteroatoms. The molecule has 0 spiro atoms. The van der Waals surface area contributed by atoms with Crippen molar-refractivity contribution in [1.82, 2.24) is 20.5 Å². The number of nitrogens with one attached hydrogen (secondary N) is 3. The normalized spacial score (nSPS) is 10.2. The summed E-state index contributed by atoms with van der Waals surface area (Å²) in [5.41, 5.74) is 0.475. The lowest BCUT2D eigenvalue weighted by atomic mass is 10.3. The van der Waals surface area contributed by atoms with Gasteiger partial charge in [0, 0.05) is 18.7 Å². The molecule has 0 aliphatic heterocycles. The van der Waals surface area contributed by atoms with Crippen LogP contribution in [0.1, 0.15) is 5.82 Å². The van der Waals surface area contributed by atoms with Crippen molar-refractivity contribution < 1.29 is 9.53 Å². The van der Waals surface area contributed by atoms with E-state index in [-0.39, 0.29) is 6.03 Å². The van der Waals surface area contributed by atoms with Gasteiger partial charge in [-0.25, -0.2) is 9.78 Å². The van der Waals surface area contributed by atoms with Crippen molar-refractivity contribution in [3.8, 4) is 5.75 Å². The summed E-state index contributed by atoms with van der Waals surface area (Å²) in [5, 5.41) is 12.4. The van der Waals surface area contributed by atoms with Crippen LogP contribution in [0.3, 0.4) is 0 Å². The minimum absolute atomic E-state index is 0.321. The van der Waals surface area contributed by atoms with E-state index in [1.807, 2.05) is 0 Å². The molecule has 2 amide bonds. The summed E-state index contributed by atoms with van der Waals surface area (Å²) in [7, 11) is 1.47. The molecule has 21 heavy (non-hydrogen) atoms. The minimum Gasteiger partial charge on any atom is -0.494 e. The number of halogens is 2. The predicted octanol–water partition coefficient (Wildman–Crippen LogP) is 2.48. The Kier molecular flexibility index (Phi) is 5.24. The van der Waals surface area contributed by atoms with Crippen molar-refractivity contribution in [2.75, 3.05) is 19.0 Å². The Bertz CT molecular complexity index is 595. The molecule has 112 valence electrons. The molecular weight excluding hydrogens is 317 g/mol. The first-order valence-electron chi connectivity index (χ1n) is 6.02. The molecule has 0 saturated heterocycles. The largest absolute Gasteiger partial charge is 0.494 e. The summed E-state index contributed by atoms with van der Waals surface area (Å²) in [6.45, 7) is 0.415. The van der Waals surface area contributed by atoms with Crippen LogP contribution >= 0.6 is 23.2 Å². The number of hydrogen-bond acceptors (Lipinski definition) is 4. The minimum atomic E-state index is -0.369. The number of anilines is 1. The van der Waals surface area contributed by atoms with E-state index in [9.17, 15) is 4.79 Å². The zero-order valence-electron chi connectivity index (χ0n) is 11.1. The van der Waals surface area contributed by atoms with Crippen LogP contribution in [0.25, 0.3) is 0 Å². The second-order valence-electron chi connectivity index (χ2n) is 4.04. The zero-order chi connectivity index (χ0) is 15.2. The van der Waals surface area contributed by atoms with E-state index in [1.54, 1.807) is 12.1 Å². The van der Waals surface area contributed by atoms with Gasteiger partial charge in [0.1, 0.15) is 12.2 Å². The van der Waals surface area contributed by atoms with Crippen molar-refractivity contribution in [3.63, 3.8) is 0 Å². The number of nitrogens with zero attached hydrogens (tertiary/aromatic N) is 2. The maximum absolute atomic E-state index is 11.7. The number of benzene rings is 1. The van der Waals surface area contributed by atoms with Crippen LogP contribution in [-0.2, 0) is 6.42 Å². The highest BCUT2D eigenvalue weighted by molar-refractivity contribution is 6.37. The Balaban J connectivity index is 1.87. The Labute approximate surface area is 131 Å². The highest BCUT2D eigenvalue weighted by Gasteiger charge is 2.10. The van der Waals surface area contributed by atoms with Crippen molar-refractivity contribution >= 4 is 34.9 Å². The predicted molar refractivity (Wildman–Crippen MR) is 80.1 cm³/mol. The average molecular weight is 330 g/mol. The molecule has 0 aliphatic carbocycles. The molecule has 0 saturated carbocycles. The summed E-state index contributed by atoms with van der Waals surface area (Å²) in [5.74, 6) is 1.07. The first kappa shape index (κ1) is 15.4. The number of H-pyrrole nitrogens is 1. The van der Waals surface area contributed by atoms with Gasteiger partial charge >= 0.3 is 6.03 Å². The highest BCUT2D eigenvalue weighted by Crippen LogP contribution is 2.35. The van der Waals surface area contributed by atoms with Gasteiger partial charge in [-0.2, -0.15) is 5.10 Å². The fourth-order valence-corrected chi connectivity index (χ4v) is 2.29. The first-order chi connectivity index (χ1) is 10.1. The van der Waals surface area contributed by atoms with E-state index in [4.69, 9.17) is 27.9 Å². The molecule has 1 aromatic heterocycles. The van der Waals surface area contributed by atoms with Gasteiger partial charge in [0.15, 0.2) is 5.75 Å². The number of hydrogen-bond donors (Lipinski definition) is 3. The number of urea groups is 1. The number of methoxy groups -OCH3 is 1. The molecular formula is C12H13Cl2N5O2. The molecule has 0 atom stereocenters. The van der Waals surface area contributed by atoms with Crippen LogP contribution in [0, 0.1) is 0 Å². The smallest absolute Gasteiger partial charge is 0.319 e. The number of carbonyl (C=O) groups excluding carboxylic acids is 1. The lowest BCUT2D eigenvalue weighted by Crippen LogP contribution is -2.30. The number of ether oxygens (including phenoxy) is 1. The van der Waals surface area contributed by atoms with Crippen molar-refractivity contribution in [3.05, 3.63) is 34.3 Å². The monoisotopic (exact) mass is 329 g/mol. The molecule has 0 radical (unpaired) electrons. The van der Waals surface area contributed by atoms with Crippen LogP contribution in [0.2, 0.25) is 10.0 Å². The molecule has 0 bridgehead atoms. The zero-order valence-corrected chi connectivity index (χ0v) is 12.6. The maximum Gasteiger partial charge on any atom is 0.319 e. The van der Waals surface area contributed by atoms with E-state index < -0.39 is 0 Å². The summed E-state index contributed by atoms with van der Waals surface area (Å²) < 4.78 is 5.03. The van der Waals surface area contributed by atoms with Crippen LogP contribution < -0.4 is 15.4 Å². The molecule has 0 unspecified atom stereocenters. The van der Waals surface area contributed by atoms with E-state index in [0.29, 0.717) is 40.3 Å². The lowest BCUT2D eigenvalue weighted by molar-refractivity contribution is 0.252. The van der Waals surface area contributed by atoms with Crippen LogP contribution in [0.5, 0.6) is 5.75 Å². The summed E-state index contributed by atoms with van der Waals surface area (Å²) in [6, 6.07) is 2.75. The Hall–Kier alpha value is -1.99. The molecule has 1 heterocycles. The number of amides is 2. The third-order valence-electron chi connectivity index (χ3n) is 2.57. The quantitative estimate of drug-likeness (QED) is 0.785. The van der Waals surface area contributed by atoms with E-state index in [1.165, 1.54) is 13.4 Å². The van der Waals surface area contributed by atoms with E-state index in [2.05, 4.69) is 25.8 Å². The molecule has 0 fully saturated rings. The summed E-state index contributed by atoms with van der Waals surface area (Å²) in [6.07, 6.45) is 1.97. The van der Waals surface area contributed by atoms with Gasteiger partial charge in [-0.1, -0.05) is 23.2 Å². The highest BCUT2D eigenvalue weighted by atomic mass is 35.5. The second-order valence-corrected chi connectivity index (χ2v) is 4.85. The topological polar surface area (TPSA) is 91.9 Å². The first-order valence-corrected chi connectivity index (χ1v) is 6.78. The molecule has 3 N–H and O–H groups in total. The van der Waals surface area contributed by atoms with Gasteiger partial charge in [0.2, 0.25) is 0 Å². The Morgan fingerprint density at radius 3 is 2.67 bits per heavy atom.